The van der Waals surface area contributed by atoms with Gasteiger partial charge in [0.05, 0.1) is 22.1 Å². The number of nitrogens with zero attached hydrogens (tertiary/aromatic N) is 3. The number of carbonyl (C=O) groups is 1. The summed E-state index contributed by atoms with van der Waals surface area (Å²) in [6.07, 6.45) is 1.29. The number of hydrazone groups is 1. The lowest BCUT2D eigenvalue weighted by Gasteiger charge is -2.01. The Bertz CT molecular complexity index is 816. The van der Waals surface area contributed by atoms with Crippen molar-refractivity contribution in [1.82, 2.24) is 0 Å². The minimum atomic E-state index is -1.06. The van der Waals surface area contributed by atoms with Crippen LogP contribution in [0.15, 0.2) is 35.4 Å². The zero-order valence-corrected chi connectivity index (χ0v) is 12.0. The first kappa shape index (κ1) is 16.0. The molecule has 23 heavy (non-hydrogen) atoms. The highest BCUT2D eigenvalue weighted by molar-refractivity contribution is 7.15. The maximum absolute atomic E-state index is 10.9. The van der Waals surface area contributed by atoms with Gasteiger partial charge >= 0.3 is 11.7 Å². The summed E-state index contributed by atoms with van der Waals surface area (Å²) >= 11 is 0.981. The maximum atomic E-state index is 10.9. The average molecular weight is 336 g/mol. The summed E-state index contributed by atoms with van der Waals surface area (Å²) in [5.74, 6) is -1.06. The molecule has 0 atom stereocenters. The van der Waals surface area contributed by atoms with Crippen LogP contribution in [0.4, 0.5) is 17.1 Å². The molecule has 0 bridgehead atoms. The number of nitro groups is 2. The molecule has 1 aromatic heterocycles. The van der Waals surface area contributed by atoms with Gasteiger partial charge in [-0.1, -0.05) is 0 Å². The average Bonchev–Trinajstić information content (AvgIpc) is 2.96. The van der Waals surface area contributed by atoms with Crippen molar-refractivity contribution < 1.29 is 19.7 Å². The van der Waals surface area contributed by atoms with Crippen molar-refractivity contribution in [2.24, 2.45) is 5.10 Å². The van der Waals surface area contributed by atoms with Crippen molar-refractivity contribution in [2.45, 2.75) is 0 Å². The summed E-state index contributed by atoms with van der Waals surface area (Å²) in [5.41, 5.74) is 1.49. The van der Waals surface area contributed by atoms with Gasteiger partial charge in [0.2, 0.25) is 0 Å². The summed E-state index contributed by atoms with van der Waals surface area (Å²) in [4.78, 5) is 31.5. The Hall–Kier alpha value is -3.34. The molecule has 10 nitrogen and oxygen atoms in total. The fourth-order valence-corrected chi connectivity index (χ4v) is 2.30. The van der Waals surface area contributed by atoms with E-state index < -0.39 is 27.2 Å². The van der Waals surface area contributed by atoms with Crippen LogP contribution in [-0.2, 0) is 0 Å². The minimum Gasteiger partial charge on any atom is -0.477 e. The Morgan fingerprint density at radius 3 is 2.52 bits per heavy atom. The highest BCUT2D eigenvalue weighted by Gasteiger charge is 2.19. The lowest BCUT2D eigenvalue weighted by Crippen LogP contribution is -1.98. The van der Waals surface area contributed by atoms with Crippen LogP contribution in [0.1, 0.15) is 14.5 Å². The van der Waals surface area contributed by atoms with Gasteiger partial charge in [-0.05, 0) is 18.2 Å². The van der Waals surface area contributed by atoms with E-state index in [2.05, 4.69) is 10.5 Å². The van der Waals surface area contributed by atoms with E-state index in [-0.39, 0.29) is 10.6 Å². The number of nitro benzene ring substituents is 2. The summed E-state index contributed by atoms with van der Waals surface area (Å²) in [6.45, 7) is 0. The molecular formula is C12H8N4O6S. The lowest BCUT2D eigenvalue weighted by atomic mass is 10.2. The van der Waals surface area contributed by atoms with Crippen LogP contribution in [0.2, 0.25) is 0 Å². The Balaban J connectivity index is 2.18. The molecule has 2 aromatic rings. The normalized spacial score (nSPS) is 10.6. The number of rotatable bonds is 6. The molecule has 0 spiro atoms. The number of non-ortho nitro benzene ring substituents is 1. The second kappa shape index (κ2) is 6.62. The maximum Gasteiger partial charge on any atom is 0.345 e. The van der Waals surface area contributed by atoms with E-state index in [1.165, 1.54) is 24.4 Å². The summed E-state index contributed by atoms with van der Waals surface area (Å²) in [5, 5.41) is 34.1. The summed E-state index contributed by atoms with van der Waals surface area (Å²) in [6, 6.07) is 6.04. The van der Waals surface area contributed by atoms with E-state index in [0.717, 1.165) is 23.5 Å². The first-order valence-corrected chi connectivity index (χ1v) is 6.75. The molecular weight excluding hydrogens is 328 g/mol. The number of benzene rings is 1. The van der Waals surface area contributed by atoms with Gasteiger partial charge in [-0.3, -0.25) is 25.7 Å². The van der Waals surface area contributed by atoms with Gasteiger partial charge in [0.1, 0.15) is 10.6 Å². The first-order valence-electron chi connectivity index (χ1n) is 5.93. The number of carboxylic acids is 1. The fraction of sp³-hybridized carbons (Fsp3) is 0. The van der Waals surface area contributed by atoms with Gasteiger partial charge in [0.15, 0.2) is 0 Å². The summed E-state index contributed by atoms with van der Waals surface area (Å²) in [7, 11) is 0. The molecule has 2 N–H and O–H groups in total. The van der Waals surface area contributed by atoms with Crippen molar-refractivity contribution in [3.63, 3.8) is 0 Å². The van der Waals surface area contributed by atoms with Crippen LogP contribution in [0.5, 0.6) is 0 Å². The third-order valence-corrected chi connectivity index (χ3v) is 3.61. The van der Waals surface area contributed by atoms with Crippen LogP contribution in [0.25, 0.3) is 0 Å². The Kier molecular flexibility index (Phi) is 4.61. The number of anilines is 1. The van der Waals surface area contributed by atoms with Crippen molar-refractivity contribution >= 4 is 40.6 Å². The molecule has 0 aliphatic rings. The largest absolute Gasteiger partial charge is 0.477 e. The second-order valence-corrected chi connectivity index (χ2v) is 5.21. The fourth-order valence-electron chi connectivity index (χ4n) is 1.58. The molecule has 0 amide bonds. The Labute approximate surface area is 132 Å². The van der Waals surface area contributed by atoms with Crippen LogP contribution in [0.3, 0.4) is 0 Å². The zero-order chi connectivity index (χ0) is 17.0. The second-order valence-electron chi connectivity index (χ2n) is 4.09. The molecule has 2 rings (SSSR count). The summed E-state index contributed by atoms with van der Waals surface area (Å²) < 4.78 is 0. The van der Waals surface area contributed by atoms with Gasteiger partial charge in [-0.2, -0.15) is 5.10 Å². The highest BCUT2D eigenvalue weighted by Crippen LogP contribution is 2.28. The molecule has 0 aliphatic heterocycles. The lowest BCUT2D eigenvalue weighted by molar-refractivity contribution is -0.393. The smallest absolute Gasteiger partial charge is 0.345 e. The van der Waals surface area contributed by atoms with Gasteiger partial charge in [0.25, 0.3) is 5.69 Å². The van der Waals surface area contributed by atoms with Crippen LogP contribution < -0.4 is 5.43 Å². The van der Waals surface area contributed by atoms with Crippen LogP contribution in [0, 0.1) is 20.2 Å². The van der Waals surface area contributed by atoms with Crippen molar-refractivity contribution in [1.29, 1.82) is 0 Å². The van der Waals surface area contributed by atoms with E-state index in [4.69, 9.17) is 5.11 Å². The standard InChI is InChI=1S/C12H8N4O6S/c17-12(18)11-4-2-8(23-11)6-13-14-9-3-1-7(15(19)20)5-10(9)16(21)22/h1-6,14H,(H,17,18). The third kappa shape index (κ3) is 3.85. The number of carboxylic acid groups (broad SMARTS) is 1. The molecule has 118 valence electrons. The minimum absolute atomic E-state index is 0.0214. The van der Waals surface area contributed by atoms with Crippen LogP contribution >= 0.6 is 11.3 Å². The van der Waals surface area contributed by atoms with Crippen molar-refractivity contribution in [2.75, 3.05) is 5.43 Å². The van der Waals surface area contributed by atoms with Crippen molar-refractivity contribution in [3.8, 4) is 0 Å². The Morgan fingerprint density at radius 2 is 1.96 bits per heavy atom. The molecule has 1 heterocycles. The number of thiophene rings is 1. The van der Waals surface area contributed by atoms with Gasteiger partial charge in [-0.15, -0.1) is 11.3 Å². The van der Waals surface area contributed by atoms with Crippen molar-refractivity contribution in [3.05, 3.63) is 60.3 Å². The quantitative estimate of drug-likeness (QED) is 0.468. The van der Waals surface area contributed by atoms with E-state index >= 15 is 0 Å². The van der Waals surface area contributed by atoms with Gasteiger partial charge in [-0.25, -0.2) is 4.79 Å². The predicted octanol–water partition coefficient (Wildman–Crippen LogP) is 2.71. The van der Waals surface area contributed by atoms with E-state index in [0.29, 0.717) is 4.88 Å². The van der Waals surface area contributed by atoms with E-state index in [1.807, 2.05) is 0 Å². The molecule has 0 saturated carbocycles. The monoisotopic (exact) mass is 336 g/mol. The Morgan fingerprint density at radius 1 is 1.22 bits per heavy atom. The molecule has 0 fully saturated rings. The first-order chi connectivity index (χ1) is 10.9. The van der Waals surface area contributed by atoms with Gasteiger partial charge in [0, 0.05) is 10.9 Å². The highest BCUT2D eigenvalue weighted by atomic mass is 32.1. The van der Waals surface area contributed by atoms with E-state index in [9.17, 15) is 25.0 Å². The molecule has 0 aliphatic carbocycles. The number of nitrogens with one attached hydrogen (secondary N) is 1. The SMILES string of the molecule is O=C(O)c1ccc(C=NNc2ccc([N+](=O)[O-])cc2[N+](=O)[O-])s1. The topological polar surface area (TPSA) is 148 Å². The molecule has 0 radical (unpaired) electrons. The predicted molar refractivity (Wildman–Crippen MR) is 82.2 cm³/mol. The third-order valence-electron chi connectivity index (χ3n) is 2.60. The van der Waals surface area contributed by atoms with E-state index in [1.54, 1.807) is 0 Å². The molecule has 11 heteroatoms. The molecule has 1 aromatic carbocycles. The van der Waals surface area contributed by atoms with Crippen LogP contribution in [-0.4, -0.2) is 27.1 Å². The molecule has 0 saturated heterocycles. The number of hydrogen-bond donors (Lipinski definition) is 2. The zero-order valence-electron chi connectivity index (χ0n) is 11.2. The van der Waals surface area contributed by atoms with Gasteiger partial charge < -0.3 is 5.11 Å². The number of aromatic carboxylic acids is 1. The number of hydrogen-bond acceptors (Lipinski definition) is 8. The molecule has 0 unspecified atom stereocenters.